The molecule has 0 saturated carbocycles. The Morgan fingerprint density at radius 3 is 2.27 bits per heavy atom. The van der Waals surface area contributed by atoms with Gasteiger partial charge in [0.2, 0.25) is 0 Å². The molecule has 0 fully saturated rings. The molecular formula is C19H22N4O3. The lowest BCUT2D eigenvalue weighted by atomic mass is 10.0. The van der Waals surface area contributed by atoms with Gasteiger partial charge in [0.1, 0.15) is 29.1 Å². The van der Waals surface area contributed by atoms with Crippen molar-refractivity contribution in [1.82, 2.24) is 19.4 Å². The lowest BCUT2D eigenvalue weighted by molar-refractivity contribution is 0.0933. The summed E-state index contributed by atoms with van der Waals surface area (Å²) in [5.74, 6) is 1.81. The number of imidazole rings is 1. The van der Waals surface area contributed by atoms with Gasteiger partial charge in [-0.1, -0.05) is 0 Å². The second-order valence-corrected chi connectivity index (χ2v) is 5.95. The van der Waals surface area contributed by atoms with Crippen molar-refractivity contribution in [2.45, 2.75) is 6.04 Å². The first-order chi connectivity index (χ1) is 12.5. The number of hydrogen-bond acceptors (Lipinski definition) is 4. The van der Waals surface area contributed by atoms with Crippen LogP contribution in [0.3, 0.4) is 0 Å². The van der Waals surface area contributed by atoms with Crippen LogP contribution in [0.1, 0.15) is 27.9 Å². The van der Waals surface area contributed by atoms with E-state index in [1.54, 1.807) is 37.1 Å². The normalized spacial score (nSPS) is 11.8. The molecule has 2 heterocycles. The maximum Gasteiger partial charge on any atom is 0.268 e. The molecule has 1 atom stereocenters. The van der Waals surface area contributed by atoms with E-state index in [2.05, 4.69) is 10.3 Å². The predicted molar refractivity (Wildman–Crippen MR) is 97.5 cm³/mol. The molecule has 1 aromatic carbocycles. The van der Waals surface area contributed by atoms with Crippen LogP contribution in [0.25, 0.3) is 0 Å². The molecule has 1 amide bonds. The number of aromatic nitrogens is 3. The molecule has 0 spiro atoms. The number of rotatable bonds is 6. The molecule has 3 aromatic rings. The molecule has 136 valence electrons. The molecule has 1 unspecified atom stereocenters. The summed E-state index contributed by atoms with van der Waals surface area (Å²) in [5.41, 5.74) is 1.39. The minimum atomic E-state index is -0.457. The lowest BCUT2D eigenvalue weighted by Gasteiger charge is -2.20. The van der Waals surface area contributed by atoms with Gasteiger partial charge in [0, 0.05) is 38.8 Å². The van der Waals surface area contributed by atoms with Gasteiger partial charge in [-0.3, -0.25) is 4.79 Å². The Morgan fingerprint density at radius 1 is 1.08 bits per heavy atom. The fraction of sp³-hybridized carbons (Fsp3) is 0.263. The monoisotopic (exact) mass is 354 g/mol. The van der Waals surface area contributed by atoms with Gasteiger partial charge in [-0.25, -0.2) is 4.98 Å². The third-order valence-corrected chi connectivity index (χ3v) is 4.28. The summed E-state index contributed by atoms with van der Waals surface area (Å²) in [5, 5.41) is 3.07. The van der Waals surface area contributed by atoms with E-state index >= 15 is 0 Å². The SMILES string of the molecule is COc1cc(OC)cc(C(NC(=O)c2cccn2C)c2nccn2C)c1. The van der Waals surface area contributed by atoms with E-state index in [1.165, 1.54) is 0 Å². The van der Waals surface area contributed by atoms with E-state index < -0.39 is 6.04 Å². The maximum atomic E-state index is 12.8. The first kappa shape index (κ1) is 17.6. The van der Waals surface area contributed by atoms with Crippen LogP contribution in [0.15, 0.2) is 48.9 Å². The zero-order chi connectivity index (χ0) is 18.7. The fourth-order valence-corrected chi connectivity index (χ4v) is 2.85. The summed E-state index contributed by atoms with van der Waals surface area (Å²) in [4.78, 5) is 17.2. The number of nitrogens with zero attached hydrogens (tertiary/aromatic N) is 3. The molecule has 7 nitrogen and oxygen atoms in total. The van der Waals surface area contributed by atoms with Crippen molar-refractivity contribution in [2.75, 3.05) is 14.2 Å². The van der Waals surface area contributed by atoms with Crippen molar-refractivity contribution in [1.29, 1.82) is 0 Å². The van der Waals surface area contributed by atoms with Crippen molar-refractivity contribution < 1.29 is 14.3 Å². The first-order valence-corrected chi connectivity index (χ1v) is 8.16. The highest BCUT2D eigenvalue weighted by Crippen LogP contribution is 2.29. The minimum Gasteiger partial charge on any atom is -0.497 e. The number of benzene rings is 1. The Hall–Kier alpha value is -3.22. The first-order valence-electron chi connectivity index (χ1n) is 8.16. The van der Waals surface area contributed by atoms with Crippen LogP contribution in [0.5, 0.6) is 11.5 Å². The molecule has 0 aliphatic rings. The molecule has 7 heteroatoms. The molecule has 2 aromatic heterocycles. The van der Waals surface area contributed by atoms with Crippen molar-refractivity contribution in [3.8, 4) is 11.5 Å². The van der Waals surface area contributed by atoms with Gasteiger partial charge < -0.3 is 23.9 Å². The summed E-state index contributed by atoms with van der Waals surface area (Å²) in [6, 6.07) is 8.68. The number of carbonyl (C=O) groups is 1. The highest BCUT2D eigenvalue weighted by molar-refractivity contribution is 5.93. The lowest BCUT2D eigenvalue weighted by Crippen LogP contribution is -2.32. The smallest absolute Gasteiger partial charge is 0.268 e. The topological polar surface area (TPSA) is 70.3 Å². The molecule has 26 heavy (non-hydrogen) atoms. The van der Waals surface area contributed by atoms with Gasteiger partial charge in [0.15, 0.2) is 0 Å². The minimum absolute atomic E-state index is 0.188. The van der Waals surface area contributed by atoms with Crippen LogP contribution >= 0.6 is 0 Å². The fourth-order valence-electron chi connectivity index (χ4n) is 2.85. The third-order valence-electron chi connectivity index (χ3n) is 4.28. The number of aryl methyl sites for hydroxylation is 2. The Labute approximate surface area is 152 Å². The van der Waals surface area contributed by atoms with Crippen LogP contribution in [0, 0.1) is 0 Å². The highest BCUT2D eigenvalue weighted by atomic mass is 16.5. The Morgan fingerprint density at radius 2 is 1.77 bits per heavy atom. The van der Waals surface area contributed by atoms with Gasteiger partial charge in [0.05, 0.1) is 14.2 Å². The number of methoxy groups -OCH3 is 2. The molecule has 0 aliphatic heterocycles. The molecule has 1 N–H and O–H groups in total. The quantitative estimate of drug-likeness (QED) is 0.737. The zero-order valence-corrected chi connectivity index (χ0v) is 15.3. The van der Waals surface area contributed by atoms with Gasteiger partial charge in [-0.15, -0.1) is 0 Å². The highest BCUT2D eigenvalue weighted by Gasteiger charge is 2.23. The van der Waals surface area contributed by atoms with Crippen molar-refractivity contribution >= 4 is 5.91 Å². The second kappa shape index (κ2) is 7.35. The van der Waals surface area contributed by atoms with E-state index in [-0.39, 0.29) is 5.91 Å². The molecule has 0 radical (unpaired) electrons. The van der Waals surface area contributed by atoms with Gasteiger partial charge in [-0.2, -0.15) is 0 Å². The average molecular weight is 354 g/mol. The summed E-state index contributed by atoms with van der Waals surface area (Å²) >= 11 is 0. The molecule has 0 aliphatic carbocycles. The van der Waals surface area contributed by atoms with Crippen LogP contribution in [-0.2, 0) is 14.1 Å². The molecule has 0 bridgehead atoms. The summed E-state index contributed by atoms with van der Waals surface area (Å²) in [6.07, 6.45) is 5.38. The second-order valence-electron chi connectivity index (χ2n) is 5.95. The van der Waals surface area contributed by atoms with E-state index in [1.807, 2.05) is 49.3 Å². The van der Waals surface area contributed by atoms with Gasteiger partial charge >= 0.3 is 0 Å². The van der Waals surface area contributed by atoms with Crippen LogP contribution in [0.4, 0.5) is 0 Å². The van der Waals surface area contributed by atoms with Gasteiger partial charge in [0.25, 0.3) is 5.91 Å². The summed E-state index contributed by atoms with van der Waals surface area (Å²) < 4.78 is 14.4. The van der Waals surface area contributed by atoms with E-state index in [9.17, 15) is 4.79 Å². The summed E-state index contributed by atoms with van der Waals surface area (Å²) in [6.45, 7) is 0. The van der Waals surface area contributed by atoms with Crippen molar-refractivity contribution in [2.24, 2.45) is 14.1 Å². The van der Waals surface area contributed by atoms with Crippen LogP contribution in [0.2, 0.25) is 0 Å². The molecule has 3 rings (SSSR count). The van der Waals surface area contributed by atoms with Crippen LogP contribution < -0.4 is 14.8 Å². The maximum absolute atomic E-state index is 12.8. The summed E-state index contributed by atoms with van der Waals surface area (Å²) in [7, 11) is 6.91. The average Bonchev–Trinajstić information content (AvgIpc) is 3.27. The van der Waals surface area contributed by atoms with E-state index in [0.29, 0.717) is 23.0 Å². The Balaban J connectivity index is 2.03. The van der Waals surface area contributed by atoms with E-state index in [0.717, 1.165) is 5.56 Å². The predicted octanol–water partition coefficient (Wildman–Crippen LogP) is 2.30. The number of hydrogen-bond donors (Lipinski definition) is 1. The standard InChI is InChI=1S/C19H22N4O3/c1-22-8-5-6-16(22)19(24)21-17(18-20-7-9-23(18)2)13-10-14(25-3)12-15(11-13)26-4/h5-12,17H,1-4H3,(H,21,24). The van der Waals surface area contributed by atoms with Crippen molar-refractivity contribution in [3.63, 3.8) is 0 Å². The zero-order valence-electron chi connectivity index (χ0n) is 15.3. The number of amides is 1. The van der Waals surface area contributed by atoms with Crippen LogP contribution in [-0.4, -0.2) is 34.2 Å². The van der Waals surface area contributed by atoms with Crippen molar-refractivity contribution in [3.05, 3.63) is 66.0 Å². The van der Waals surface area contributed by atoms with E-state index in [4.69, 9.17) is 9.47 Å². The third kappa shape index (κ3) is 3.42. The Bertz CT molecular complexity index is 891. The number of carbonyl (C=O) groups excluding carboxylic acids is 1. The Kier molecular flexibility index (Phi) is 4.97. The number of nitrogens with one attached hydrogen (secondary N) is 1. The largest absolute Gasteiger partial charge is 0.497 e. The number of ether oxygens (including phenoxy) is 2. The van der Waals surface area contributed by atoms with Gasteiger partial charge in [-0.05, 0) is 29.8 Å². The molecule has 0 saturated heterocycles. The molecular weight excluding hydrogens is 332 g/mol.